The number of hydrogen-bond donors (Lipinski definition) is 6. The fraction of sp³-hybridized carbons (Fsp3) is 0.667. The number of benzene rings is 1. The predicted octanol–water partition coefficient (Wildman–Crippen LogP) is 3.22. The first-order chi connectivity index (χ1) is 17.0. The van der Waals surface area contributed by atoms with Gasteiger partial charge in [0.05, 0.1) is 12.2 Å². The standard InChI is InChI=1S/C27H40N4O5/c1-16(28-29-24-9-5-18(30(33)34)15-25(24)31(35)36)21-7-8-22-20-6-4-17-14-19(32)10-12-26(17,2)23(20)11-13-27(21,22)3/h4-5,9,15,19-23,29-33,35H,6-8,10-14H2,1-3H3. The monoisotopic (exact) mass is 500 g/mol. The van der Waals surface area contributed by atoms with Gasteiger partial charge in [-0.05, 0) is 92.9 Å². The van der Waals surface area contributed by atoms with E-state index < -0.39 is 10.5 Å². The van der Waals surface area contributed by atoms with Gasteiger partial charge in [-0.15, -0.1) is 0 Å². The highest BCUT2D eigenvalue weighted by Gasteiger charge is 2.59. The van der Waals surface area contributed by atoms with E-state index >= 15 is 0 Å². The Balaban J connectivity index is 1.35. The lowest BCUT2D eigenvalue weighted by molar-refractivity contribution is -0.996. The first kappa shape index (κ1) is 25.8. The Morgan fingerprint density at radius 3 is 2.56 bits per heavy atom. The van der Waals surface area contributed by atoms with E-state index in [1.807, 2.05) is 6.92 Å². The second-order valence-corrected chi connectivity index (χ2v) is 12.1. The van der Waals surface area contributed by atoms with Crippen molar-refractivity contribution in [1.82, 2.24) is 0 Å². The molecule has 0 saturated heterocycles. The third-order valence-electron chi connectivity index (χ3n) is 10.4. The lowest BCUT2D eigenvalue weighted by Gasteiger charge is -2.58. The SMILES string of the molecule is CC(=NNc1ccc([NH+]([O-])O)cc1[NH+]([O-])O)C1CCC2C3CC=C4CC(O)CCC4(C)C3CCC12C. The predicted molar refractivity (Wildman–Crippen MR) is 136 cm³/mol. The molecule has 0 spiro atoms. The number of anilines is 1. The summed E-state index contributed by atoms with van der Waals surface area (Å²) in [6.45, 7) is 6.91. The van der Waals surface area contributed by atoms with Gasteiger partial charge >= 0.3 is 0 Å². The molecule has 1 aromatic rings. The van der Waals surface area contributed by atoms with Gasteiger partial charge in [0.25, 0.3) is 0 Å². The third kappa shape index (κ3) is 4.20. The molecule has 0 aromatic heterocycles. The maximum absolute atomic E-state index is 11.7. The number of rotatable bonds is 5. The number of quaternary nitrogens is 2. The maximum atomic E-state index is 11.7. The van der Waals surface area contributed by atoms with Crippen LogP contribution in [0.2, 0.25) is 0 Å². The van der Waals surface area contributed by atoms with E-state index in [1.54, 1.807) is 0 Å². The van der Waals surface area contributed by atoms with Gasteiger partial charge in [0.2, 0.25) is 0 Å². The lowest BCUT2D eigenvalue weighted by atomic mass is 9.47. The van der Waals surface area contributed by atoms with Crippen molar-refractivity contribution in [3.05, 3.63) is 40.3 Å². The van der Waals surface area contributed by atoms with Crippen LogP contribution in [0.5, 0.6) is 0 Å². The highest BCUT2D eigenvalue weighted by atomic mass is 16.8. The molecule has 9 unspecified atom stereocenters. The molecule has 3 saturated carbocycles. The van der Waals surface area contributed by atoms with Crippen LogP contribution in [0.1, 0.15) is 72.1 Å². The Morgan fingerprint density at radius 2 is 1.83 bits per heavy atom. The molecule has 0 aliphatic heterocycles. The van der Waals surface area contributed by atoms with Gasteiger partial charge in [-0.25, -0.2) is 10.4 Å². The molecule has 0 radical (unpaired) electrons. The normalized spacial score (nSPS) is 39.9. The molecule has 3 fully saturated rings. The molecule has 1 aromatic carbocycles. The Bertz CT molecular complexity index is 1060. The minimum Gasteiger partial charge on any atom is -0.595 e. The van der Waals surface area contributed by atoms with Crippen LogP contribution in [-0.4, -0.2) is 27.3 Å². The average molecular weight is 501 g/mol. The molecule has 5 rings (SSSR count). The molecule has 4 aliphatic rings. The number of fused-ring (bicyclic) bond motifs is 5. The van der Waals surface area contributed by atoms with Crippen LogP contribution in [-0.2, 0) is 0 Å². The van der Waals surface area contributed by atoms with Crippen LogP contribution in [0, 0.1) is 44.9 Å². The summed E-state index contributed by atoms with van der Waals surface area (Å²) in [7, 11) is 0. The molecule has 0 heterocycles. The van der Waals surface area contributed by atoms with Crippen molar-refractivity contribution in [2.75, 3.05) is 5.43 Å². The Hall–Kier alpha value is -1.85. The third-order valence-corrected chi connectivity index (χ3v) is 10.4. The van der Waals surface area contributed by atoms with Gasteiger partial charge in [0.15, 0.2) is 11.4 Å². The summed E-state index contributed by atoms with van der Waals surface area (Å²) >= 11 is 0. The zero-order valence-corrected chi connectivity index (χ0v) is 21.5. The Kier molecular flexibility index (Phi) is 6.78. The van der Waals surface area contributed by atoms with Crippen LogP contribution >= 0.6 is 0 Å². The summed E-state index contributed by atoms with van der Waals surface area (Å²) in [6.07, 6.45) is 10.9. The van der Waals surface area contributed by atoms with E-state index in [0.29, 0.717) is 29.4 Å². The van der Waals surface area contributed by atoms with E-state index in [4.69, 9.17) is 0 Å². The summed E-state index contributed by atoms with van der Waals surface area (Å²) in [5.74, 6) is 2.31. The van der Waals surface area contributed by atoms with Crippen molar-refractivity contribution in [2.24, 2.45) is 39.6 Å². The van der Waals surface area contributed by atoms with Gasteiger partial charge in [-0.2, -0.15) is 15.6 Å². The number of hydrogen-bond acceptors (Lipinski definition) is 7. The first-order valence-electron chi connectivity index (χ1n) is 13.3. The molecular formula is C27H40N4O5. The minimum atomic E-state index is -1.19. The topological polar surface area (TPSA) is 140 Å². The highest BCUT2D eigenvalue weighted by Crippen LogP contribution is 2.66. The summed E-state index contributed by atoms with van der Waals surface area (Å²) < 4.78 is 0. The van der Waals surface area contributed by atoms with Gasteiger partial charge in [0, 0.05) is 17.7 Å². The van der Waals surface area contributed by atoms with Crippen LogP contribution < -0.4 is 15.9 Å². The van der Waals surface area contributed by atoms with Crippen molar-refractivity contribution in [3.8, 4) is 0 Å². The molecule has 6 N–H and O–H groups in total. The minimum absolute atomic E-state index is 0.0626. The summed E-state index contributed by atoms with van der Waals surface area (Å²) in [6, 6.07) is 4.04. The highest BCUT2D eigenvalue weighted by molar-refractivity contribution is 5.86. The summed E-state index contributed by atoms with van der Waals surface area (Å²) in [5.41, 5.74) is 5.93. The molecular weight excluding hydrogens is 460 g/mol. The summed E-state index contributed by atoms with van der Waals surface area (Å²) in [5, 5.41) is 54.3. The van der Waals surface area contributed by atoms with Crippen LogP contribution in [0.25, 0.3) is 0 Å². The van der Waals surface area contributed by atoms with Crippen LogP contribution in [0.3, 0.4) is 0 Å². The summed E-state index contributed by atoms with van der Waals surface area (Å²) in [4.78, 5) is 0. The number of nitrogens with zero attached hydrogens (tertiary/aromatic N) is 1. The van der Waals surface area contributed by atoms with E-state index in [9.17, 15) is 25.9 Å². The smallest absolute Gasteiger partial charge is 0.195 e. The quantitative estimate of drug-likeness (QED) is 0.208. The second-order valence-electron chi connectivity index (χ2n) is 12.1. The maximum Gasteiger partial charge on any atom is 0.195 e. The molecule has 0 bridgehead atoms. The fourth-order valence-electron chi connectivity index (χ4n) is 8.51. The molecule has 36 heavy (non-hydrogen) atoms. The molecule has 9 atom stereocenters. The van der Waals surface area contributed by atoms with Gasteiger partial charge in [-0.3, -0.25) is 5.43 Å². The van der Waals surface area contributed by atoms with Crippen molar-refractivity contribution in [1.29, 1.82) is 0 Å². The van der Waals surface area contributed by atoms with Gasteiger partial charge < -0.3 is 15.5 Å². The molecule has 9 nitrogen and oxygen atoms in total. The number of nitrogens with one attached hydrogen (secondary N) is 3. The molecule has 198 valence electrons. The Morgan fingerprint density at radius 1 is 1.06 bits per heavy atom. The van der Waals surface area contributed by atoms with Crippen molar-refractivity contribution < 1.29 is 26.0 Å². The van der Waals surface area contributed by atoms with Crippen LogP contribution in [0.4, 0.5) is 17.1 Å². The van der Waals surface area contributed by atoms with E-state index in [0.717, 1.165) is 44.2 Å². The number of allylic oxidation sites excluding steroid dienone is 1. The average Bonchev–Trinajstić information content (AvgIpc) is 3.20. The lowest BCUT2D eigenvalue weighted by Crippen LogP contribution is -3.00. The van der Waals surface area contributed by atoms with E-state index in [-0.39, 0.29) is 28.3 Å². The van der Waals surface area contributed by atoms with Crippen molar-refractivity contribution in [2.45, 2.75) is 78.2 Å². The van der Waals surface area contributed by atoms with Crippen molar-refractivity contribution in [3.63, 3.8) is 0 Å². The zero-order valence-electron chi connectivity index (χ0n) is 21.5. The van der Waals surface area contributed by atoms with Gasteiger partial charge in [-0.1, -0.05) is 25.5 Å². The zero-order chi connectivity index (χ0) is 25.8. The number of aliphatic hydroxyl groups is 1. The molecule has 0 amide bonds. The number of aliphatic hydroxyl groups excluding tert-OH is 1. The largest absolute Gasteiger partial charge is 0.595 e. The van der Waals surface area contributed by atoms with Crippen molar-refractivity contribution >= 4 is 22.8 Å². The van der Waals surface area contributed by atoms with Crippen LogP contribution in [0.15, 0.2) is 34.9 Å². The fourth-order valence-corrected chi connectivity index (χ4v) is 8.51. The first-order valence-corrected chi connectivity index (χ1v) is 13.3. The number of hydrazone groups is 1. The van der Waals surface area contributed by atoms with E-state index in [1.165, 1.54) is 36.6 Å². The van der Waals surface area contributed by atoms with E-state index in [2.05, 4.69) is 30.5 Å². The van der Waals surface area contributed by atoms with Gasteiger partial charge in [0.1, 0.15) is 5.69 Å². The second kappa shape index (κ2) is 9.47. The Labute approximate surface area is 212 Å². The molecule has 4 aliphatic carbocycles. The molecule has 9 heteroatoms.